The molecular formula is C7H9F3N2OS. The van der Waals surface area contributed by atoms with Crippen LogP contribution >= 0.6 is 11.3 Å². The number of hydrogen-bond donors (Lipinski definition) is 2. The number of anilines is 1. The van der Waals surface area contributed by atoms with Crippen molar-refractivity contribution in [3.63, 3.8) is 0 Å². The first-order chi connectivity index (χ1) is 6.36. The van der Waals surface area contributed by atoms with Crippen LogP contribution in [0.25, 0.3) is 0 Å². The average molecular weight is 226 g/mol. The number of nitrogen functional groups attached to an aromatic ring is 1. The van der Waals surface area contributed by atoms with Crippen molar-refractivity contribution in [3.8, 4) is 0 Å². The zero-order valence-corrected chi connectivity index (χ0v) is 8.11. The number of nitrogens with two attached hydrogens (primary N) is 1. The molecule has 0 amide bonds. The Kier molecular flexibility index (Phi) is 3.01. The van der Waals surface area contributed by atoms with E-state index in [1.54, 1.807) is 6.92 Å². The first-order valence-corrected chi connectivity index (χ1v) is 4.67. The molecule has 0 spiro atoms. The predicted octanol–water partition coefficient (Wildman–Crippen LogP) is 1.88. The summed E-state index contributed by atoms with van der Waals surface area (Å²) < 4.78 is 36.2. The summed E-state index contributed by atoms with van der Waals surface area (Å²) in [5, 5.41) is 8.69. The summed E-state index contributed by atoms with van der Waals surface area (Å²) in [6.07, 6.45) is -6.77. The highest BCUT2D eigenvalue weighted by Gasteiger charge is 2.41. The van der Waals surface area contributed by atoms with Gasteiger partial charge in [0.1, 0.15) is 10.0 Å². The maximum absolute atomic E-state index is 12.1. The highest BCUT2D eigenvalue weighted by molar-refractivity contribution is 7.15. The van der Waals surface area contributed by atoms with Gasteiger partial charge in [0, 0.05) is 0 Å². The summed E-state index contributed by atoms with van der Waals surface area (Å²) in [6, 6.07) is 0. The Hall–Kier alpha value is -0.820. The molecule has 1 aromatic heterocycles. The molecule has 14 heavy (non-hydrogen) atoms. The molecule has 1 aromatic rings. The van der Waals surface area contributed by atoms with E-state index in [1.807, 2.05) is 0 Å². The first kappa shape index (κ1) is 11.3. The number of aliphatic hydroxyl groups excluding tert-OH is 1. The van der Waals surface area contributed by atoms with Crippen molar-refractivity contribution in [2.45, 2.75) is 25.6 Å². The quantitative estimate of drug-likeness (QED) is 0.809. The molecule has 0 saturated heterocycles. The summed E-state index contributed by atoms with van der Waals surface area (Å²) in [4.78, 5) is 3.62. The van der Waals surface area contributed by atoms with Crippen LogP contribution in [-0.2, 0) is 6.42 Å². The molecule has 3 nitrogen and oxygen atoms in total. The molecule has 0 aliphatic carbocycles. The van der Waals surface area contributed by atoms with Crippen LogP contribution in [0.1, 0.15) is 23.7 Å². The summed E-state index contributed by atoms with van der Waals surface area (Å²) in [7, 11) is 0. The van der Waals surface area contributed by atoms with Gasteiger partial charge in [0.15, 0.2) is 0 Å². The minimum Gasteiger partial charge on any atom is -0.389 e. The standard InChI is InChI=1S/C7H9F3N2OS/c1-2-3-5(11)14-6(12-3)4(13)7(8,9)10/h4,13H,2,11H2,1H3. The van der Waals surface area contributed by atoms with Crippen LogP contribution in [0, 0.1) is 0 Å². The zero-order chi connectivity index (χ0) is 10.9. The van der Waals surface area contributed by atoms with E-state index in [4.69, 9.17) is 10.8 Å². The molecule has 80 valence electrons. The highest BCUT2D eigenvalue weighted by atomic mass is 32.1. The number of thiazole rings is 1. The van der Waals surface area contributed by atoms with Crippen molar-refractivity contribution in [2.75, 3.05) is 5.73 Å². The fourth-order valence-corrected chi connectivity index (χ4v) is 1.83. The molecular weight excluding hydrogens is 217 g/mol. The third-order valence-electron chi connectivity index (χ3n) is 1.62. The lowest BCUT2D eigenvalue weighted by atomic mass is 10.3. The lowest BCUT2D eigenvalue weighted by Gasteiger charge is -2.10. The van der Waals surface area contributed by atoms with Gasteiger partial charge in [-0.15, -0.1) is 0 Å². The third-order valence-corrected chi connectivity index (χ3v) is 2.60. The van der Waals surface area contributed by atoms with Gasteiger partial charge in [-0.3, -0.25) is 0 Å². The maximum atomic E-state index is 12.1. The largest absolute Gasteiger partial charge is 0.420 e. The second-order valence-electron chi connectivity index (χ2n) is 2.66. The van der Waals surface area contributed by atoms with Crippen LogP contribution < -0.4 is 5.73 Å². The number of halogens is 3. The number of alkyl halides is 3. The van der Waals surface area contributed by atoms with Crippen LogP contribution in [0.15, 0.2) is 0 Å². The maximum Gasteiger partial charge on any atom is 0.420 e. The first-order valence-electron chi connectivity index (χ1n) is 3.86. The fraction of sp³-hybridized carbons (Fsp3) is 0.571. The SMILES string of the molecule is CCc1nc(C(O)C(F)(F)F)sc1N. The van der Waals surface area contributed by atoms with Gasteiger partial charge in [0.05, 0.1) is 5.69 Å². The normalized spacial score (nSPS) is 14.4. The number of aryl methyl sites for hydroxylation is 1. The van der Waals surface area contributed by atoms with Gasteiger partial charge in [-0.25, -0.2) is 4.98 Å². The van der Waals surface area contributed by atoms with E-state index in [-0.39, 0.29) is 5.00 Å². The second kappa shape index (κ2) is 3.74. The minimum absolute atomic E-state index is 0.228. The van der Waals surface area contributed by atoms with Crippen molar-refractivity contribution in [3.05, 3.63) is 10.7 Å². The summed E-state index contributed by atoms with van der Waals surface area (Å²) in [6.45, 7) is 1.73. The van der Waals surface area contributed by atoms with Crippen molar-refractivity contribution in [1.82, 2.24) is 4.98 Å². The molecule has 0 radical (unpaired) electrons. The Bertz CT molecular complexity index is 323. The molecule has 1 unspecified atom stereocenters. The molecule has 1 heterocycles. The highest BCUT2D eigenvalue weighted by Crippen LogP contribution is 2.36. The molecule has 1 rings (SSSR count). The Morgan fingerprint density at radius 1 is 1.57 bits per heavy atom. The molecule has 0 aliphatic rings. The van der Waals surface area contributed by atoms with Gasteiger partial charge in [-0.05, 0) is 6.42 Å². The lowest BCUT2D eigenvalue weighted by molar-refractivity contribution is -0.206. The molecule has 7 heteroatoms. The Balaban J connectivity index is 2.97. The van der Waals surface area contributed by atoms with E-state index in [9.17, 15) is 13.2 Å². The number of aromatic nitrogens is 1. The zero-order valence-electron chi connectivity index (χ0n) is 7.30. The van der Waals surface area contributed by atoms with Crippen LogP contribution in [0.2, 0.25) is 0 Å². The minimum atomic E-state index is -4.69. The Labute approximate surface area is 82.4 Å². The van der Waals surface area contributed by atoms with Crippen molar-refractivity contribution < 1.29 is 18.3 Å². The second-order valence-corrected chi connectivity index (χ2v) is 3.72. The van der Waals surface area contributed by atoms with Crippen LogP contribution in [-0.4, -0.2) is 16.3 Å². The number of hydrogen-bond acceptors (Lipinski definition) is 4. The molecule has 3 N–H and O–H groups in total. The third kappa shape index (κ3) is 2.16. The van der Waals surface area contributed by atoms with Gasteiger partial charge in [-0.2, -0.15) is 13.2 Å². The monoisotopic (exact) mass is 226 g/mol. The summed E-state index contributed by atoms with van der Waals surface area (Å²) in [5.41, 5.74) is 5.81. The van der Waals surface area contributed by atoms with Gasteiger partial charge in [-0.1, -0.05) is 18.3 Å². The fourth-order valence-electron chi connectivity index (χ4n) is 0.893. The Morgan fingerprint density at radius 2 is 2.14 bits per heavy atom. The molecule has 0 fully saturated rings. The van der Waals surface area contributed by atoms with Gasteiger partial charge in [0.25, 0.3) is 0 Å². The topological polar surface area (TPSA) is 59.1 Å². The van der Waals surface area contributed by atoms with E-state index in [1.165, 1.54) is 0 Å². The van der Waals surface area contributed by atoms with Gasteiger partial charge >= 0.3 is 6.18 Å². The number of nitrogens with zero attached hydrogens (tertiary/aromatic N) is 1. The van der Waals surface area contributed by atoms with E-state index in [2.05, 4.69) is 4.98 Å². The average Bonchev–Trinajstić information content (AvgIpc) is 2.43. The van der Waals surface area contributed by atoms with Crippen LogP contribution in [0.3, 0.4) is 0 Å². The summed E-state index contributed by atoms with van der Waals surface area (Å²) in [5.74, 6) is 0. The van der Waals surface area contributed by atoms with Crippen molar-refractivity contribution in [1.29, 1.82) is 0 Å². The smallest absolute Gasteiger partial charge is 0.389 e. The molecule has 1 atom stereocenters. The van der Waals surface area contributed by atoms with Crippen molar-refractivity contribution in [2.24, 2.45) is 0 Å². The molecule has 0 bridgehead atoms. The predicted molar refractivity (Wildman–Crippen MR) is 46.9 cm³/mol. The molecule has 0 saturated carbocycles. The molecule has 0 aromatic carbocycles. The molecule has 0 aliphatic heterocycles. The van der Waals surface area contributed by atoms with E-state index in [0.29, 0.717) is 23.5 Å². The van der Waals surface area contributed by atoms with Gasteiger partial charge < -0.3 is 10.8 Å². The Morgan fingerprint density at radius 3 is 2.50 bits per heavy atom. The van der Waals surface area contributed by atoms with E-state index in [0.717, 1.165) is 0 Å². The van der Waals surface area contributed by atoms with E-state index >= 15 is 0 Å². The van der Waals surface area contributed by atoms with Crippen LogP contribution in [0.5, 0.6) is 0 Å². The van der Waals surface area contributed by atoms with Crippen LogP contribution in [0.4, 0.5) is 18.2 Å². The summed E-state index contributed by atoms with van der Waals surface area (Å²) >= 11 is 0.671. The van der Waals surface area contributed by atoms with Crippen molar-refractivity contribution >= 4 is 16.3 Å². The number of rotatable bonds is 2. The van der Waals surface area contributed by atoms with Gasteiger partial charge in [0.2, 0.25) is 6.10 Å². The lowest BCUT2D eigenvalue weighted by Crippen LogP contribution is -2.19. The number of aliphatic hydroxyl groups is 1. The van der Waals surface area contributed by atoms with E-state index < -0.39 is 17.3 Å².